The first-order valence-corrected chi connectivity index (χ1v) is 9.43. The van der Waals surface area contributed by atoms with Crippen LogP contribution < -0.4 is 4.90 Å². The van der Waals surface area contributed by atoms with E-state index in [-0.39, 0.29) is 5.91 Å². The van der Waals surface area contributed by atoms with Gasteiger partial charge in [-0.15, -0.1) is 0 Å². The fourth-order valence-electron chi connectivity index (χ4n) is 3.92. The van der Waals surface area contributed by atoms with E-state index in [2.05, 4.69) is 36.9 Å². The van der Waals surface area contributed by atoms with E-state index in [0.29, 0.717) is 25.1 Å². The summed E-state index contributed by atoms with van der Waals surface area (Å²) in [5.74, 6) is -0.484. The number of carbonyl (C=O) groups excluding carboxylic acids is 2. The number of benzene rings is 2. The molecule has 0 spiro atoms. The molecule has 4 rings (SSSR count). The summed E-state index contributed by atoms with van der Waals surface area (Å²) >= 11 is 0. The molecule has 5 heteroatoms. The number of piperazine rings is 1. The Morgan fingerprint density at radius 3 is 2.52 bits per heavy atom. The van der Waals surface area contributed by atoms with Crippen molar-refractivity contribution >= 4 is 17.6 Å². The lowest BCUT2D eigenvalue weighted by molar-refractivity contribution is -0.141. The lowest BCUT2D eigenvalue weighted by Gasteiger charge is -2.38. The second-order valence-corrected chi connectivity index (χ2v) is 7.29. The van der Waals surface area contributed by atoms with E-state index in [1.807, 2.05) is 23.1 Å². The molecule has 0 aliphatic carbocycles. The van der Waals surface area contributed by atoms with Crippen molar-refractivity contribution in [3.63, 3.8) is 0 Å². The number of carbonyl (C=O) groups is 2. The van der Waals surface area contributed by atoms with Gasteiger partial charge < -0.3 is 14.5 Å². The fourth-order valence-corrected chi connectivity index (χ4v) is 3.92. The number of hydrogen-bond acceptors (Lipinski definition) is 4. The molecule has 2 heterocycles. The third kappa shape index (κ3) is 3.29. The number of anilines is 1. The van der Waals surface area contributed by atoms with Gasteiger partial charge in [0.1, 0.15) is 0 Å². The molecular weight excluding hydrogens is 340 g/mol. The first-order valence-electron chi connectivity index (χ1n) is 9.43. The molecule has 27 heavy (non-hydrogen) atoms. The van der Waals surface area contributed by atoms with Crippen LogP contribution in [0.15, 0.2) is 42.5 Å². The minimum atomic E-state index is -0.709. The maximum atomic E-state index is 12.9. The van der Waals surface area contributed by atoms with Gasteiger partial charge in [0.2, 0.25) is 0 Å². The van der Waals surface area contributed by atoms with Gasteiger partial charge in [-0.2, -0.15) is 0 Å². The number of nitrogens with zero attached hydrogens (tertiary/aromatic N) is 2. The number of ether oxygens (including phenoxy) is 1. The summed E-state index contributed by atoms with van der Waals surface area (Å²) in [6.45, 7) is 7.11. The Morgan fingerprint density at radius 2 is 1.74 bits per heavy atom. The molecule has 140 valence electrons. The first kappa shape index (κ1) is 17.6. The van der Waals surface area contributed by atoms with Crippen molar-refractivity contribution in [2.75, 3.05) is 31.1 Å². The highest BCUT2D eigenvalue weighted by Gasteiger charge is 2.35. The van der Waals surface area contributed by atoms with Crippen LogP contribution in [-0.4, -0.2) is 49.1 Å². The Hall–Kier alpha value is -2.82. The number of amides is 1. The predicted molar refractivity (Wildman–Crippen MR) is 104 cm³/mol. The van der Waals surface area contributed by atoms with Gasteiger partial charge in [0.15, 0.2) is 6.10 Å². The van der Waals surface area contributed by atoms with Crippen LogP contribution in [0.4, 0.5) is 5.69 Å². The first-order chi connectivity index (χ1) is 13.0. The number of fused-ring (bicyclic) bond motifs is 1. The molecule has 1 atom stereocenters. The zero-order valence-corrected chi connectivity index (χ0v) is 15.8. The molecule has 0 aromatic heterocycles. The van der Waals surface area contributed by atoms with Crippen molar-refractivity contribution in [2.24, 2.45) is 0 Å². The van der Waals surface area contributed by atoms with Gasteiger partial charge in [-0.25, -0.2) is 4.79 Å². The van der Waals surface area contributed by atoms with Crippen LogP contribution in [0, 0.1) is 13.8 Å². The normalized spacial score (nSPS) is 19.5. The number of aryl methyl sites for hydroxylation is 1. The largest absolute Gasteiger partial charge is 0.448 e. The third-order valence-electron chi connectivity index (χ3n) is 5.68. The molecular formula is C22H24N2O3. The zero-order valence-electron chi connectivity index (χ0n) is 15.8. The number of rotatable bonds is 2. The van der Waals surface area contributed by atoms with Crippen LogP contribution in [0.2, 0.25) is 0 Å². The standard InChI is InChI=1S/C22H24N2O3/c1-15-6-5-9-19(16(15)2)23-10-12-24(13-11-23)21(25)20-14-17-7-3-4-8-18(17)22(26)27-20/h3-9,20H,10-14H2,1-2H3. The van der Waals surface area contributed by atoms with E-state index in [0.717, 1.165) is 18.7 Å². The average molecular weight is 364 g/mol. The second kappa shape index (κ2) is 7.06. The van der Waals surface area contributed by atoms with Crippen molar-refractivity contribution in [3.05, 3.63) is 64.7 Å². The van der Waals surface area contributed by atoms with Gasteiger partial charge in [0.05, 0.1) is 5.56 Å². The Kier molecular flexibility index (Phi) is 4.60. The van der Waals surface area contributed by atoms with Crippen LogP contribution in [0.25, 0.3) is 0 Å². The van der Waals surface area contributed by atoms with Crippen molar-refractivity contribution < 1.29 is 14.3 Å². The molecule has 2 aliphatic heterocycles. The van der Waals surface area contributed by atoms with E-state index in [1.54, 1.807) is 6.07 Å². The lowest BCUT2D eigenvalue weighted by Crippen LogP contribution is -2.53. The Bertz CT molecular complexity index is 885. The molecule has 1 unspecified atom stereocenters. The molecule has 0 saturated carbocycles. The van der Waals surface area contributed by atoms with E-state index < -0.39 is 12.1 Å². The van der Waals surface area contributed by atoms with Gasteiger partial charge in [0, 0.05) is 38.3 Å². The molecule has 5 nitrogen and oxygen atoms in total. The summed E-state index contributed by atoms with van der Waals surface area (Å²) in [6.07, 6.45) is -0.252. The number of hydrogen-bond donors (Lipinski definition) is 0. The minimum Gasteiger partial charge on any atom is -0.448 e. The lowest BCUT2D eigenvalue weighted by atomic mass is 9.98. The summed E-state index contributed by atoms with van der Waals surface area (Å²) < 4.78 is 5.43. The average Bonchev–Trinajstić information content (AvgIpc) is 2.70. The van der Waals surface area contributed by atoms with Crippen LogP contribution in [0.5, 0.6) is 0 Å². The SMILES string of the molecule is Cc1cccc(N2CCN(C(=O)C3Cc4ccccc4C(=O)O3)CC2)c1C. The maximum Gasteiger partial charge on any atom is 0.339 e. The van der Waals surface area contributed by atoms with Gasteiger partial charge >= 0.3 is 5.97 Å². The van der Waals surface area contributed by atoms with Gasteiger partial charge in [-0.1, -0.05) is 30.3 Å². The van der Waals surface area contributed by atoms with Crippen molar-refractivity contribution in [1.29, 1.82) is 0 Å². The summed E-state index contributed by atoms with van der Waals surface area (Å²) in [5, 5.41) is 0. The summed E-state index contributed by atoms with van der Waals surface area (Å²) in [4.78, 5) is 29.2. The summed E-state index contributed by atoms with van der Waals surface area (Å²) in [5.41, 5.74) is 5.26. The monoisotopic (exact) mass is 364 g/mol. The Balaban J connectivity index is 1.42. The number of cyclic esters (lactones) is 1. The van der Waals surface area contributed by atoms with Gasteiger partial charge in [-0.3, -0.25) is 4.79 Å². The number of esters is 1. The highest BCUT2D eigenvalue weighted by Crippen LogP contribution is 2.25. The van der Waals surface area contributed by atoms with Crippen molar-refractivity contribution in [3.8, 4) is 0 Å². The molecule has 1 saturated heterocycles. The molecule has 1 amide bonds. The zero-order chi connectivity index (χ0) is 19.0. The highest BCUT2D eigenvalue weighted by atomic mass is 16.5. The van der Waals surface area contributed by atoms with E-state index in [4.69, 9.17) is 4.74 Å². The van der Waals surface area contributed by atoms with E-state index in [1.165, 1.54) is 16.8 Å². The summed E-state index contributed by atoms with van der Waals surface area (Å²) in [6, 6.07) is 13.7. The minimum absolute atomic E-state index is 0.0848. The Morgan fingerprint density at radius 1 is 1.00 bits per heavy atom. The van der Waals surface area contributed by atoms with Crippen LogP contribution in [0.3, 0.4) is 0 Å². The quantitative estimate of drug-likeness (QED) is 0.769. The molecule has 2 aromatic rings. The van der Waals surface area contributed by atoms with Crippen LogP contribution in [0.1, 0.15) is 27.0 Å². The fraction of sp³-hybridized carbons (Fsp3) is 0.364. The molecule has 0 radical (unpaired) electrons. The van der Waals surface area contributed by atoms with Crippen LogP contribution >= 0.6 is 0 Å². The van der Waals surface area contributed by atoms with Gasteiger partial charge in [0.25, 0.3) is 5.91 Å². The molecule has 2 aliphatic rings. The highest BCUT2D eigenvalue weighted by molar-refractivity contribution is 5.95. The molecule has 2 aromatic carbocycles. The van der Waals surface area contributed by atoms with E-state index >= 15 is 0 Å². The Labute approximate surface area is 159 Å². The van der Waals surface area contributed by atoms with E-state index in [9.17, 15) is 9.59 Å². The van der Waals surface area contributed by atoms with Crippen LogP contribution in [-0.2, 0) is 16.0 Å². The predicted octanol–water partition coefficient (Wildman–Crippen LogP) is 2.73. The third-order valence-corrected chi connectivity index (χ3v) is 5.68. The maximum absolute atomic E-state index is 12.9. The topological polar surface area (TPSA) is 49.9 Å². The second-order valence-electron chi connectivity index (χ2n) is 7.29. The van der Waals surface area contributed by atoms with Crippen molar-refractivity contribution in [2.45, 2.75) is 26.4 Å². The van der Waals surface area contributed by atoms with Gasteiger partial charge in [-0.05, 0) is 42.7 Å². The molecule has 0 bridgehead atoms. The smallest absolute Gasteiger partial charge is 0.339 e. The molecule has 1 fully saturated rings. The van der Waals surface area contributed by atoms with Crippen molar-refractivity contribution in [1.82, 2.24) is 4.90 Å². The summed E-state index contributed by atoms with van der Waals surface area (Å²) in [7, 11) is 0. The molecule has 0 N–H and O–H groups in total.